The average Bonchev–Trinajstić information content (AvgIpc) is 2.79. The van der Waals surface area contributed by atoms with Gasteiger partial charge in [0.15, 0.2) is 0 Å². The molecule has 1 amide bonds. The molecule has 0 N–H and O–H groups in total. The molecule has 3 aromatic carbocycles. The summed E-state index contributed by atoms with van der Waals surface area (Å²) in [5.41, 5.74) is 2.27. The standard InChI is InChI=1S/C24H23FN2O2/c25-22-8-4-5-9-23(22)26-14-16-27(17-15-26)24(28)20-12-10-19(11-13-20)18-29-21-6-2-1-3-7-21/h1-13H,14-18H2. The molecule has 0 atom stereocenters. The maximum atomic E-state index is 14.0. The molecule has 0 aliphatic carbocycles. The maximum Gasteiger partial charge on any atom is 0.253 e. The van der Waals surface area contributed by atoms with Gasteiger partial charge in [-0.2, -0.15) is 0 Å². The van der Waals surface area contributed by atoms with Gasteiger partial charge in [-0.1, -0.05) is 42.5 Å². The van der Waals surface area contributed by atoms with E-state index in [1.807, 2.05) is 70.5 Å². The van der Waals surface area contributed by atoms with E-state index in [0.717, 1.165) is 11.3 Å². The van der Waals surface area contributed by atoms with E-state index in [0.29, 0.717) is 44.0 Å². The molecule has 0 aromatic heterocycles. The minimum Gasteiger partial charge on any atom is -0.489 e. The first-order chi connectivity index (χ1) is 14.2. The van der Waals surface area contributed by atoms with Gasteiger partial charge in [-0.05, 0) is 42.0 Å². The highest BCUT2D eigenvalue weighted by Gasteiger charge is 2.23. The van der Waals surface area contributed by atoms with Gasteiger partial charge in [0.05, 0.1) is 5.69 Å². The van der Waals surface area contributed by atoms with Crippen LogP contribution in [0.3, 0.4) is 0 Å². The van der Waals surface area contributed by atoms with Gasteiger partial charge in [0.2, 0.25) is 0 Å². The highest BCUT2D eigenvalue weighted by molar-refractivity contribution is 5.94. The molecular weight excluding hydrogens is 367 g/mol. The Bertz CT molecular complexity index is 952. The third kappa shape index (κ3) is 4.57. The number of amides is 1. The Morgan fingerprint density at radius 2 is 1.48 bits per heavy atom. The molecule has 1 aliphatic rings. The zero-order chi connectivity index (χ0) is 20.1. The predicted octanol–water partition coefficient (Wildman–Crippen LogP) is 4.37. The van der Waals surface area contributed by atoms with Gasteiger partial charge in [-0.15, -0.1) is 0 Å². The van der Waals surface area contributed by atoms with Gasteiger partial charge in [0, 0.05) is 31.7 Å². The number of nitrogens with zero attached hydrogens (tertiary/aromatic N) is 2. The van der Waals surface area contributed by atoms with Crippen LogP contribution in [0, 0.1) is 5.82 Å². The molecule has 3 aromatic rings. The van der Waals surface area contributed by atoms with Crippen molar-refractivity contribution in [2.24, 2.45) is 0 Å². The summed E-state index contributed by atoms with van der Waals surface area (Å²) in [7, 11) is 0. The number of carbonyl (C=O) groups is 1. The molecule has 0 radical (unpaired) electrons. The van der Waals surface area contributed by atoms with E-state index in [4.69, 9.17) is 4.74 Å². The van der Waals surface area contributed by atoms with Crippen LogP contribution < -0.4 is 9.64 Å². The van der Waals surface area contributed by atoms with Gasteiger partial charge in [0.1, 0.15) is 18.2 Å². The minimum absolute atomic E-state index is 0.00807. The van der Waals surface area contributed by atoms with Crippen molar-refractivity contribution < 1.29 is 13.9 Å². The van der Waals surface area contributed by atoms with Crippen molar-refractivity contribution in [3.8, 4) is 5.75 Å². The first kappa shape index (κ1) is 19.0. The molecule has 1 aliphatic heterocycles. The zero-order valence-corrected chi connectivity index (χ0v) is 16.1. The summed E-state index contributed by atoms with van der Waals surface area (Å²) in [5, 5.41) is 0. The molecule has 0 saturated carbocycles. The fourth-order valence-electron chi connectivity index (χ4n) is 3.47. The summed E-state index contributed by atoms with van der Waals surface area (Å²) in [6, 6.07) is 23.9. The molecule has 4 rings (SSSR count). The van der Waals surface area contributed by atoms with E-state index < -0.39 is 0 Å². The third-order valence-corrected chi connectivity index (χ3v) is 5.11. The van der Waals surface area contributed by atoms with Crippen molar-refractivity contribution in [2.45, 2.75) is 6.61 Å². The van der Waals surface area contributed by atoms with Crippen molar-refractivity contribution >= 4 is 11.6 Å². The molecule has 1 heterocycles. The van der Waals surface area contributed by atoms with Gasteiger partial charge in [-0.25, -0.2) is 4.39 Å². The molecule has 0 bridgehead atoms. The smallest absolute Gasteiger partial charge is 0.253 e. The van der Waals surface area contributed by atoms with Crippen LogP contribution in [0.4, 0.5) is 10.1 Å². The van der Waals surface area contributed by atoms with Crippen LogP contribution in [0.2, 0.25) is 0 Å². The van der Waals surface area contributed by atoms with Crippen LogP contribution in [0.25, 0.3) is 0 Å². The Morgan fingerprint density at radius 1 is 0.828 bits per heavy atom. The van der Waals surface area contributed by atoms with Crippen molar-refractivity contribution in [1.29, 1.82) is 0 Å². The van der Waals surface area contributed by atoms with Gasteiger partial charge < -0.3 is 14.5 Å². The van der Waals surface area contributed by atoms with Crippen LogP contribution in [-0.2, 0) is 6.61 Å². The molecule has 1 fully saturated rings. The van der Waals surface area contributed by atoms with Crippen LogP contribution in [0.5, 0.6) is 5.75 Å². The summed E-state index contributed by atoms with van der Waals surface area (Å²) < 4.78 is 19.7. The van der Waals surface area contributed by atoms with Gasteiger partial charge >= 0.3 is 0 Å². The summed E-state index contributed by atoms with van der Waals surface area (Å²) in [5.74, 6) is 0.606. The Hall–Kier alpha value is -3.34. The Morgan fingerprint density at radius 3 is 2.17 bits per heavy atom. The molecular formula is C24H23FN2O2. The number of hydrogen-bond acceptors (Lipinski definition) is 3. The number of benzene rings is 3. The average molecular weight is 390 g/mol. The summed E-state index contributed by atoms with van der Waals surface area (Å²) in [6.07, 6.45) is 0. The normalized spacial score (nSPS) is 14.0. The third-order valence-electron chi connectivity index (χ3n) is 5.11. The number of para-hydroxylation sites is 2. The number of piperazine rings is 1. The largest absolute Gasteiger partial charge is 0.489 e. The molecule has 0 spiro atoms. The van der Waals surface area contributed by atoms with Gasteiger partial charge in [-0.3, -0.25) is 4.79 Å². The fraction of sp³-hybridized carbons (Fsp3) is 0.208. The van der Waals surface area contributed by atoms with Crippen molar-refractivity contribution in [3.63, 3.8) is 0 Å². The first-order valence-corrected chi connectivity index (χ1v) is 9.76. The van der Waals surface area contributed by atoms with Crippen LogP contribution in [0.1, 0.15) is 15.9 Å². The topological polar surface area (TPSA) is 32.8 Å². The lowest BCUT2D eigenvalue weighted by atomic mass is 10.1. The predicted molar refractivity (Wildman–Crippen MR) is 112 cm³/mol. The second-order valence-electron chi connectivity index (χ2n) is 7.03. The number of carbonyl (C=O) groups excluding carboxylic acids is 1. The number of ether oxygens (including phenoxy) is 1. The monoisotopic (exact) mass is 390 g/mol. The second-order valence-corrected chi connectivity index (χ2v) is 7.03. The number of halogens is 1. The van der Waals surface area contributed by atoms with Crippen LogP contribution in [-0.4, -0.2) is 37.0 Å². The highest BCUT2D eigenvalue weighted by Crippen LogP contribution is 2.21. The van der Waals surface area contributed by atoms with Crippen molar-refractivity contribution in [2.75, 3.05) is 31.1 Å². The second kappa shape index (κ2) is 8.78. The lowest BCUT2D eigenvalue weighted by Crippen LogP contribution is -2.49. The van der Waals surface area contributed by atoms with E-state index in [-0.39, 0.29) is 11.7 Å². The first-order valence-electron chi connectivity index (χ1n) is 9.76. The van der Waals surface area contributed by atoms with Gasteiger partial charge in [0.25, 0.3) is 5.91 Å². The highest BCUT2D eigenvalue weighted by atomic mass is 19.1. The SMILES string of the molecule is O=C(c1ccc(COc2ccccc2)cc1)N1CCN(c2ccccc2F)CC1. The van der Waals surface area contributed by atoms with E-state index in [2.05, 4.69) is 0 Å². The number of hydrogen-bond donors (Lipinski definition) is 0. The summed E-state index contributed by atoms with van der Waals surface area (Å²) in [6.45, 7) is 2.85. The molecule has 148 valence electrons. The summed E-state index contributed by atoms with van der Waals surface area (Å²) in [4.78, 5) is 16.6. The van der Waals surface area contributed by atoms with Crippen molar-refractivity contribution in [3.05, 3.63) is 95.8 Å². The lowest BCUT2D eigenvalue weighted by molar-refractivity contribution is 0.0746. The van der Waals surface area contributed by atoms with E-state index >= 15 is 0 Å². The molecule has 4 nitrogen and oxygen atoms in total. The Balaban J connectivity index is 1.32. The Labute approximate surface area is 170 Å². The molecule has 1 saturated heterocycles. The summed E-state index contributed by atoms with van der Waals surface area (Å²) >= 11 is 0. The zero-order valence-electron chi connectivity index (χ0n) is 16.1. The van der Waals surface area contributed by atoms with Crippen molar-refractivity contribution in [1.82, 2.24) is 4.90 Å². The Kier molecular flexibility index (Phi) is 5.75. The lowest BCUT2D eigenvalue weighted by Gasteiger charge is -2.36. The quantitative estimate of drug-likeness (QED) is 0.649. The molecule has 29 heavy (non-hydrogen) atoms. The molecule has 5 heteroatoms. The van der Waals surface area contributed by atoms with E-state index in [1.54, 1.807) is 12.1 Å². The molecule has 0 unspecified atom stereocenters. The van der Waals surface area contributed by atoms with E-state index in [1.165, 1.54) is 6.07 Å². The van der Waals surface area contributed by atoms with Crippen LogP contribution >= 0.6 is 0 Å². The number of rotatable bonds is 5. The minimum atomic E-state index is -0.222. The van der Waals surface area contributed by atoms with Crippen LogP contribution in [0.15, 0.2) is 78.9 Å². The van der Waals surface area contributed by atoms with E-state index in [9.17, 15) is 9.18 Å². The fourth-order valence-corrected chi connectivity index (χ4v) is 3.47. The number of anilines is 1. The maximum absolute atomic E-state index is 14.0.